The van der Waals surface area contributed by atoms with Gasteiger partial charge in [0.15, 0.2) is 11.4 Å². The summed E-state index contributed by atoms with van der Waals surface area (Å²) in [7, 11) is 0. The van der Waals surface area contributed by atoms with E-state index in [2.05, 4.69) is 33.5 Å². The Morgan fingerprint density at radius 1 is 0.953 bits per heavy atom. The molecule has 4 aromatic rings. The van der Waals surface area contributed by atoms with Gasteiger partial charge >= 0.3 is 5.97 Å². The molecule has 1 fully saturated rings. The number of H-pyrrole nitrogens is 1. The number of nitrogens with zero attached hydrogens (tertiary/aromatic N) is 2. The number of amides is 1. The molecule has 0 spiro atoms. The molecule has 1 amide bonds. The molecule has 4 N–H and O–H groups in total. The highest BCUT2D eigenvalue weighted by Crippen LogP contribution is 2.43. The number of hydrogen-bond acceptors (Lipinski definition) is 8. The fourth-order valence-corrected chi connectivity index (χ4v) is 5.91. The first-order chi connectivity index (χ1) is 20.9. The summed E-state index contributed by atoms with van der Waals surface area (Å²) in [6.07, 6.45) is 0.240. The zero-order chi connectivity index (χ0) is 30.2. The normalized spacial score (nSPS) is 20.0. The molecule has 0 unspecified atom stereocenters. The quantitative estimate of drug-likeness (QED) is 0.164. The van der Waals surface area contributed by atoms with Crippen molar-refractivity contribution in [2.45, 2.75) is 56.6 Å². The van der Waals surface area contributed by atoms with E-state index in [9.17, 15) is 14.7 Å². The second-order valence-corrected chi connectivity index (χ2v) is 11.4. The number of nitrogens with one attached hydrogen (secondary N) is 2. The van der Waals surface area contributed by atoms with Crippen LogP contribution in [0.1, 0.15) is 54.4 Å². The Labute approximate surface area is 253 Å². The van der Waals surface area contributed by atoms with Gasteiger partial charge in [-0.05, 0) is 39.9 Å². The van der Waals surface area contributed by atoms with Gasteiger partial charge in [-0.15, -0.1) is 0 Å². The molecule has 4 atom stereocenters. The first-order valence-corrected chi connectivity index (χ1v) is 15.0. The number of aromatic nitrogens is 3. The Bertz CT molecular complexity index is 1510. The van der Waals surface area contributed by atoms with Crippen LogP contribution in [0.5, 0.6) is 0 Å². The zero-order valence-electron chi connectivity index (χ0n) is 23.7. The monoisotopic (exact) mass is 602 g/mol. The van der Waals surface area contributed by atoms with E-state index in [0.717, 1.165) is 38.5 Å². The number of benzene rings is 3. The lowest BCUT2D eigenvalue weighted by molar-refractivity contribution is -0.268. The SMILES string of the molecule is C[C@@H]1[C@H](CSc2ncn[nH]2)O[C@H](c2cccc(-c3cccc(CNC(=O)CCC(=O)O)c3)c2)O[C@@H]1c1ccc(CO)cc1. The van der Waals surface area contributed by atoms with Crippen molar-refractivity contribution >= 4 is 23.6 Å². The zero-order valence-corrected chi connectivity index (χ0v) is 24.5. The van der Waals surface area contributed by atoms with Gasteiger partial charge in [-0.25, -0.2) is 4.98 Å². The van der Waals surface area contributed by atoms with E-state index in [1.807, 2.05) is 66.7 Å². The predicted molar refractivity (Wildman–Crippen MR) is 161 cm³/mol. The first kappa shape index (κ1) is 30.4. The molecule has 0 bridgehead atoms. The van der Waals surface area contributed by atoms with Gasteiger partial charge in [0.2, 0.25) is 5.91 Å². The molecular weight excluding hydrogens is 568 g/mol. The number of carbonyl (C=O) groups excluding carboxylic acids is 1. The summed E-state index contributed by atoms with van der Waals surface area (Å²) in [5.74, 6) is -0.603. The maximum absolute atomic E-state index is 12.0. The highest BCUT2D eigenvalue weighted by atomic mass is 32.2. The third-order valence-electron chi connectivity index (χ3n) is 7.38. The van der Waals surface area contributed by atoms with Crippen molar-refractivity contribution in [3.05, 3.63) is 101 Å². The smallest absolute Gasteiger partial charge is 0.303 e. The summed E-state index contributed by atoms with van der Waals surface area (Å²) in [6.45, 7) is 2.41. The molecule has 5 rings (SSSR count). The van der Waals surface area contributed by atoms with Crippen LogP contribution >= 0.6 is 11.8 Å². The maximum atomic E-state index is 12.0. The third kappa shape index (κ3) is 8.08. The molecule has 11 heteroatoms. The summed E-state index contributed by atoms with van der Waals surface area (Å²) < 4.78 is 13.2. The van der Waals surface area contributed by atoms with Crippen molar-refractivity contribution in [1.29, 1.82) is 0 Å². The number of ether oxygens (including phenoxy) is 2. The van der Waals surface area contributed by atoms with Crippen LogP contribution in [-0.2, 0) is 32.2 Å². The van der Waals surface area contributed by atoms with Crippen molar-refractivity contribution in [3.8, 4) is 11.1 Å². The van der Waals surface area contributed by atoms with E-state index >= 15 is 0 Å². The molecular formula is C32H34N4O6S. The van der Waals surface area contributed by atoms with Crippen LogP contribution in [-0.4, -0.2) is 49.1 Å². The molecule has 0 saturated carbocycles. The summed E-state index contributed by atoms with van der Waals surface area (Å²) in [5.41, 5.74) is 5.58. The van der Waals surface area contributed by atoms with Gasteiger partial charge in [0.25, 0.3) is 0 Å². The van der Waals surface area contributed by atoms with Crippen LogP contribution in [0.3, 0.4) is 0 Å². The van der Waals surface area contributed by atoms with Gasteiger partial charge in [0.05, 0.1) is 25.2 Å². The Hall–Kier alpha value is -4.03. The van der Waals surface area contributed by atoms with E-state index in [0.29, 0.717) is 12.3 Å². The molecule has 224 valence electrons. The summed E-state index contributed by atoms with van der Waals surface area (Å²) >= 11 is 1.55. The number of rotatable bonds is 12. The van der Waals surface area contributed by atoms with E-state index in [1.165, 1.54) is 6.33 Å². The number of aromatic amines is 1. The predicted octanol–water partition coefficient (Wildman–Crippen LogP) is 5.03. The van der Waals surface area contributed by atoms with Gasteiger partial charge in [-0.3, -0.25) is 14.7 Å². The molecule has 0 radical (unpaired) electrons. The molecule has 3 aromatic carbocycles. The number of hydrogen-bond donors (Lipinski definition) is 4. The number of carboxylic acid groups (broad SMARTS) is 1. The minimum absolute atomic E-state index is 0.0192. The summed E-state index contributed by atoms with van der Waals surface area (Å²) in [6, 6.07) is 23.7. The molecule has 1 aromatic heterocycles. The highest BCUT2D eigenvalue weighted by Gasteiger charge is 2.38. The van der Waals surface area contributed by atoms with Crippen molar-refractivity contribution in [2.24, 2.45) is 5.92 Å². The van der Waals surface area contributed by atoms with Crippen LogP contribution in [0.15, 0.2) is 84.3 Å². The number of carboxylic acids is 1. The molecule has 0 aliphatic carbocycles. The van der Waals surface area contributed by atoms with Crippen LogP contribution in [0.2, 0.25) is 0 Å². The molecule has 2 heterocycles. The van der Waals surface area contributed by atoms with Crippen LogP contribution in [0, 0.1) is 5.92 Å². The van der Waals surface area contributed by atoms with Gasteiger partial charge < -0.3 is 25.0 Å². The standard InChI is InChI=1S/C32H34N4O6S/c1-20-27(18-43-32-34-19-35-36-32)41-31(42-30(20)23-10-8-21(17-37)9-11-23)26-7-3-6-25(15-26)24-5-2-4-22(14-24)16-33-28(38)12-13-29(39)40/h2-11,14-15,19-20,27,30-31,37H,12-13,16-18H2,1H3,(H,33,38)(H,39,40)(H,34,35,36)/t20-,27+,30+,31+/m1/s1. The minimum atomic E-state index is -0.997. The van der Waals surface area contributed by atoms with Crippen LogP contribution < -0.4 is 5.32 Å². The van der Waals surface area contributed by atoms with E-state index < -0.39 is 12.3 Å². The molecule has 10 nitrogen and oxygen atoms in total. The summed E-state index contributed by atoms with van der Waals surface area (Å²) in [5, 5.41) is 28.6. The van der Waals surface area contributed by atoms with Gasteiger partial charge in [0, 0.05) is 30.2 Å². The van der Waals surface area contributed by atoms with E-state index in [4.69, 9.17) is 14.6 Å². The molecule has 1 aliphatic rings. The van der Waals surface area contributed by atoms with Crippen molar-refractivity contribution in [1.82, 2.24) is 20.5 Å². The topological polar surface area (TPSA) is 147 Å². The fourth-order valence-electron chi connectivity index (χ4n) is 4.97. The van der Waals surface area contributed by atoms with E-state index in [-0.39, 0.29) is 43.5 Å². The highest BCUT2D eigenvalue weighted by molar-refractivity contribution is 7.99. The fraction of sp³-hybridized carbons (Fsp3) is 0.312. The molecule has 1 saturated heterocycles. The first-order valence-electron chi connectivity index (χ1n) is 14.1. The van der Waals surface area contributed by atoms with Crippen molar-refractivity contribution < 1.29 is 29.3 Å². The average molecular weight is 603 g/mol. The van der Waals surface area contributed by atoms with Crippen LogP contribution in [0.4, 0.5) is 0 Å². The lowest BCUT2D eigenvalue weighted by Gasteiger charge is -2.41. The van der Waals surface area contributed by atoms with Crippen LogP contribution in [0.25, 0.3) is 11.1 Å². The molecule has 1 aliphatic heterocycles. The summed E-state index contributed by atoms with van der Waals surface area (Å²) in [4.78, 5) is 27.0. The minimum Gasteiger partial charge on any atom is -0.481 e. The number of aliphatic hydroxyl groups is 1. The lowest BCUT2D eigenvalue weighted by atomic mass is 9.91. The van der Waals surface area contributed by atoms with Crippen molar-refractivity contribution in [2.75, 3.05) is 5.75 Å². The number of thioether (sulfide) groups is 1. The number of aliphatic hydroxyl groups excluding tert-OH is 1. The Morgan fingerprint density at radius 3 is 2.44 bits per heavy atom. The van der Waals surface area contributed by atoms with Gasteiger partial charge in [-0.1, -0.05) is 79.3 Å². The van der Waals surface area contributed by atoms with Gasteiger partial charge in [0.1, 0.15) is 6.33 Å². The number of carbonyl (C=O) groups is 2. The maximum Gasteiger partial charge on any atom is 0.303 e. The molecule has 43 heavy (non-hydrogen) atoms. The Kier molecular flexibility index (Phi) is 10.2. The van der Waals surface area contributed by atoms with Crippen molar-refractivity contribution in [3.63, 3.8) is 0 Å². The second-order valence-electron chi connectivity index (χ2n) is 10.4. The average Bonchev–Trinajstić information content (AvgIpc) is 3.56. The Morgan fingerprint density at radius 2 is 1.72 bits per heavy atom. The largest absolute Gasteiger partial charge is 0.481 e. The lowest BCUT2D eigenvalue weighted by Crippen LogP contribution is -2.38. The third-order valence-corrected chi connectivity index (χ3v) is 8.34. The van der Waals surface area contributed by atoms with E-state index in [1.54, 1.807) is 11.8 Å². The second kappa shape index (κ2) is 14.4. The van der Waals surface area contributed by atoms with Gasteiger partial charge in [-0.2, -0.15) is 5.10 Å². The Balaban J connectivity index is 1.35. The number of aliphatic carboxylic acids is 1.